The minimum Gasteiger partial charge on any atom is -0.489 e. The number of hydrogen-bond acceptors (Lipinski definition) is 1. The van der Waals surface area contributed by atoms with E-state index in [2.05, 4.69) is 0 Å². The fourth-order valence-corrected chi connectivity index (χ4v) is 1.99. The van der Waals surface area contributed by atoms with Gasteiger partial charge >= 0.3 is 6.18 Å². The van der Waals surface area contributed by atoms with E-state index in [0.717, 1.165) is 16.9 Å². The highest BCUT2D eigenvalue weighted by Crippen LogP contribution is 2.23. The van der Waals surface area contributed by atoms with E-state index < -0.39 is 12.6 Å². The lowest BCUT2D eigenvalue weighted by molar-refractivity contribution is -0.135. The van der Waals surface area contributed by atoms with Crippen LogP contribution in [-0.4, -0.2) is 6.18 Å². The monoisotopic (exact) mass is 294 g/mol. The number of halogens is 3. The Morgan fingerprint density at radius 3 is 2.10 bits per heavy atom. The van der Waals surface area contributed by atoms with Gasteiger partial charge in [0, 0.05) is 6.42 Å². The summed E-state index contributed by atoms with van der Waals surface area (Å²) in [4.78, 5) is 0. The molecule has 0 aromatic heterocycles. The summed E-state index contributed by atoms with van der Waals surface area (Å²) in [5.74, 6) is 0.721. The maximum atomic E-state index is 12.1. The molecule has 0 unspecified atom stereocenters. The van der Waals surface area contributed by atoms with Gasteiger partial charge in [0.25, 0.3) is 0 Å². The first-order valence-corrected chi connectivity index (χ1v) is 6.85. The molecule has 2 rings (SSSR count). The van der Waals surface area contributed by atoms with Gasteiger partial charge in [0.15, 0.2) is 0 Å². The molecule has 0 aliphatic carbocycles. The van der Waals surface area contributed by atoms with E-state index in [1.807, 2.05) is 42.5 Å². The van der Waals surface area contributed by atoms with Crippen LogP contribution in [0, 0.1) is 0 Å². The summed E-state index contributed by atoms with van der Waals surface area (Å²) in [6.07, 6.45) is -4.26. The molecule has 0 spiro atoms. The molecule has 0 bridgehead atoms. The second-order valence-corrected chi connectivity index (χ2v) is 4.89. The number of benzene rings is 2. The van der Waals surface area contributed by atoms with Gasteiger partial charge in [-0.2, -0.15) is 13.2 Å². The van der Waals surface area contributed by atoms with E-state index in [9.17, 15) is 13.2 Å². The SMILES string of the molecule is FC(F)(F)CCCc1ccc(OCc2ccccc2)cc1. The van der Waals surface area contributed by atoms with Gasteiger partial charge in [0.1, 0.15) is 12.4 Å². The van der Waals surface area contributed by atoms with Gasteiger partial charge in [-0.3, -0.25) is 0 Å². The van der Waals surface area contributed by atoms with Crippen molar-refractivity contribution in [1.82, 2.24) is 0 Å². The fourth-order valence-electron chi connectivity index (χ4n) is 1.99. The Labute approximate surface area is 122 Å². The van der Waals surface area contributed by atoms with Crippen LogP contribution in [0.5, 0.6) is 5.75 Å². The molecule has 4 heteroatoms. The molecule has 21 heavy (non-hydrogen) atoms. The summed E-state index contributed by atoms with van der Waals surface area (Å²) in [6.45, 7) is 0.480. The van der Waals surface area contributed by atoms with Crippen molar-refractivity contribution in [3.05, 3.63) is 65.7 Å². The fraction of sp³-hybridized carbons (Fsp3) is 0.294. The van der Waals surface area contributed by atoms with Crippen molar-refractivity contribution in [2.45, 2.75) is 32.0 Å². The van der Waals surface area contributed by atoms with Crippen molar-refractivity contribution in [3.8, 4) is 5.75 Å². The normalized spacial score (nSPS) is 11.4. The van der Waals surface area contributed by atoms with Crippen LogP contribution in [0.2, 0.25) is 0 Å². The molecule has 112 valence electrons. The molecule has 1 nitrogen and oxygen atoms in total. The van der Waals surface area contributed by atoms with Gasteiger partial charge < -0.3 is 4.74 Å². The minimum atomic E-state index is -4.07. The Balaban J connectivity index is 1.79. The molecule has 0 saturated heterocycles. The van der Waals surface area contributed by atoms with E-state index in [1.54, 1.807) is 12.1 Å². The standard InChI is InChI=1S/C17H17F3O/c18-17(19,20)12-4-7-14-8-10-16(11-9-14)21-13-15-5-2-1-3-6-15/h1-3,5-6,8-11H,4,7,12-13H2. The largest absolute Gasteiger partial charge is 0.489 e. The third-order valence-electron chi connectivity index (χ3n) is 3.10. The first-order valence-electron chi connectivity index (χ1n) is 6.85. The number of alkyl halides is 3. The predicted octanol–water partition coefficient (Wildman–Crippen LogP) is 5.15. The smallest absolute Gasteiger partial charge is 0.389 e. The van der Waals surface area contributed by atoms with Crippen molar-refractivity contribution in [2.75, 3.05) is 0 Å². The van der Waals surface area contributed by atoms with Gasteiger partial charge in [0.2, 0.25) is 0 Å². The lowest BCUT2D eigenvalue weighted by Gasteiger charge is -2.08. The Morgan fingerprint density at radius 1 is 0.810 bits per heavy atom. The molecule has 0 atom stereocenters. The zero-order valence-electron chi connectivity index (χ0n) is 11.6. The zero-order valence-corrected chi connectivity index (χ0v) is 11.6. The molecule has 2 aromatic carbocycles. The van der Waals surface area contributed by atoms with Crippen molar-refractivity contribution in [3.63, 3.8) is 0 Å². The van der Waals surface area contributed by atoms with Gasteiger partial charge in [-0.1, -0.05) is 42.5 Å². The van der Waals surface area contributed by atoms with Crippen LogP contribution in [0.25, 0.3) is 0 Å². The maximum Gasteiger partial charge on any atom is 0.389 e. The summed E-state index contributed by atoms with van der Waals surface area (Å²) in [5.41, 5.74) is 1.97. The van der Waals surface area contributed by atoms with E-state index in [4.69, 9.17) is 4.74 Å². The Morgan fingerprint density at radius 2 is 1.48 bits per heavy atom. The minimum absolute atomic E-state index is 0.119. The Hall–Kier alpha value is -1.97. The first-order chi connectivity index (χ1) is 10.0. The highest BCUT2D eigenvalue weighted by Gasteiger charge is 2.25. The summed E-state index contributed by atoms with van der Waals surface area (Å²) < 4.78 is 41.8. The number of ether oxygens (including phenoxy) is 1. The van der Waals surface area contributed by atoms with Gasteiger partial charge in [-0.05, 0) is 36.1 Å². The molecule has 0 amide bonds. The van der Waals surface area contributed by atoms with E-state index >= 15 is 0 Å². The third kappa shape index (κ3) is 5.90. The van der Waals surface area contributed by atoms with Crippen LogP contribution in [-0.2, 0) is 13.0 Å². The van der Waals surface area contributed by atoms with Crippen LogP contribution in [0.3, 0.4) is 0 Å². The molecule has 0 aliphatic rings. The topological polar surface area (TPSA) is 9.23 Å². The molecule has 0 heterocycles. The van der Waals surface area contributed by atoms with Crippen molar-refractivity contribution in [1.29, 1.82) is 0 Å². The zero-order chi connectivity index (χ0) is 15.1. The molecular weight excluding hydrogens is 277 g/mol. The van der Waals surface area contributed by atoms with Crippen molar-refractivity contribution in [2.24, 2.45) is 0 Å². The average molecular weight is 294 g/mol. The van der Waals surface area contributed by atoms with E-state index in [1.165, 1.54) is 0 Å². The predicted molar refractivity (Wildman–Crippen MR) is 76.2 cm³/mol. The van der Waals surface area contributed by atoms with Crippen LogP contribution in [0.1, 0.15) is 24.0 Å². The number of aryl methyl sites for hydroxylation is 1. The van der Waals surface area contributed by atoms with Gasteiger partial charge in [-0.15, -0.1) is 0 Å². The van der Waals surface area contributed by atoms with Crippen molar-refractivity contribution >= 4 is 0 Å². The second kappa shape index (κ2) is 7.16. The summed E-state index contributed by atoms with van der Waals surface area (Å²) in [7, 11) is 0. The van der Waals surface area contributed by atoms with Crippen LogP contribution in [0.15, 0.2) is 54.6 Å². The van der Waals surface area contributed by atoms with Gasteiger partial charge in [-0.25, -0.2) is 0 Å². The first kappa shape index (κ1) is 15.4. The Bertz CT molecular complexity index is 532. The third-order valence-corrected chi connectivity index (χ3v) is 3.10. The second-order valence-electron chi connectivity index (χ2n) is 4.89. The average Bonchev–Trinajstić information content (AvgIpc) is 2.46. The molecular formula is C17H17F3O. The summed E-state index contributed by atoms with van der Waals surface area (Å²) in [6, 6.07) is 17.0. The highest BCUT2D eigenvalue weighted by atomic mass is 19.4. The number of hydrogen-bond donors (Lipinski definition) is 0. The quantitative estimate of drug-likeness (QED) is 0.716. The molecule has 0 saturated carbocycles. The van der Waals surface area contributed by atoms with Crippen LogP contribution in [0.4, 0.5) is 13.2 Å². The van der Waals surface area contributed by atoms with Crippen molar-refractivity contribution < 1.29 is 17.9 Å². The van der Waals surface area contributed by atoms with E-state index in [0.29, 0.717) is 13.0 Å². The Kier molecular flexibility index (Phi) is 5.26. The van der Waals surface area contributed by atoms with Crippen LogP contribution < -0.4 is 4.74 Å². The molecule has 2 aromatic rings. The molecule has 0 fully saturated rings. The highest BCUT2D eigenvalue weighted by molar-refractivity contribution is 5.27. The molecule has 0 aliphatic heterocycles. The maximum absolute atomic E-state index is 12.1. The van der Waals surface area contributed by atoms with Crippen LogP contribution >= 0.6 is 0 Å². The summed E-state index contributed by atoms with van der Waals surface area (Å²) in [5, 5.41) is 0. The lowest BCUT2D eigenvalue weighted by Crippen LogP contribution is -2.07. The van der Waals surface area contributed by atoms with E-state index in [-0.39, 0.29) is 6.42 Å². The molecule has 0 radical (unpaired) electrons. The number of rotatable bonds is 6. The van der Waals surface area contributed by atoms with Gasteiger partial charge in [0.05, 0.1) is 0 Å². The summed E-state index contributed by atoms with van der Waals surface area (Å²) >= 11 is 0. The lowest BCUT2D eigenvalue weighted by atomic mass is 10.1. The molecule has 0 N–H and O–H groups in total.